The molecule has 2 nitrogen and oxygen atoms in total. The van der Waals surface area contributed by atoms with Crippen LogP contribution in [0, 0.1) is 6.92 Å². The zero-order chi connectivity index (χ0) is 13.4. The number of pyridine rings is 1. The molecule has 0 saturated carbocycles. The first-order chi connectivity index (χ1) is 9.13. The van der Waals surface area contributed by atoms with Gasteiger partial charge in [-0.1, -0.05) is 33.6 Å². The van der Waals surface area contributed by atoms with Crippen molar-refractivity contribution < 1.29 is 0 Å². The molecule has 1 heterocycles. The molecular formula is C15H14BrClN2. The number of nitrogens with zero attached hydrogens (tertiary/aromatic N) is 1. The van der Waals surface area contributed by atoms with E-state index in [1.165, 1.54) is 11.1 Å². The van der Waals surface area contributed by atoms with Crippen molar-refractivity contribution in [1.82, 2.24) is 4.98 Å². The van der Waals surface area contributed by atoms with E-state index < -0.39 is 0 Å². The largest absolute Gasteiger partial charge is 0.377 e. The Labute approximate surface area is 126 Å². The standard InChI is InChI=1S/C15H14BrClN2/c1-9-13(6-7-15(17)18-9)19-14-5-2-10-8-11(16)3-4-12(10)14/h3-4,6-8,14,19H,2,5H2,1H3. The van der Waals surface area contributed by atoms with Crippen molar-refractivity contribution in [2.75, 3.05) is 5.32 Å². The molecule has 1 aromatic heterocycles. The molecule has 0 spiro atoms. The Morgan fingerprint density at radius 1 is 1.32 bits per heavy atom. The molecule has 0 fully saturated rings. The summed E-state index contributed by atoms with van der Waals surface area (Å²) in [5.74, 6) is 0. The summed E-state index contributed by atoms with van der Waals surface area (Å²) in [6.45, 7) is 1.98. The van der Waals surface area contributed by atoms with E-state index in [9.17, 15) is 0 Å². The molecule has 1 aromatic carbocycles. The smallest absolute Gasteiger partial charge is 0.129 e. The monoisotopic (exact) mass is 336 g/mol. The summed E-state index contributed by atoms with van der Waals surface area (Å²) in [5.41, 5.74) is 4.81. The van der Waals surface area contributed by atoms with Crippen molar-refractivity contribution in [3.63, 3.8) is 0 Å². The first kappa shape index (κ1) is 12.9. The van der Waals surface area contributed by atoms with Crippen LogP contribution in [0.15, 0.2) is 34.8 Å². The van der Waals surface area contributed by atoms with Gasteiger partial charge in [-0.25, -0.2) is 4.98 Å². The molecule has 0 radical (unpaired) electrons. The maximum atomic E-state index is 5.89. The highest BCUT2D eigenvalue weighted by molar-refractivity contribution is 9.10. The normalized spacial score (nSPS) is 17.3. The fourth-order valence-electron chi connectivity index (χ4n) is 2.61. The quantitative estimate of drug-likeness (QED) is 0.788. The highest BCUT2D eigenvalue weighted by atomic mass is 79.9. The molecule has 3 rings (SSSR count). The van der Waals surface area contributed by atoms with E-state index >= 15 is 0 Å². The lowest BCUT2D eigenvalue weighted by Gasteiger charge is -2.17. The van der Waals surface area contributed by atoms with Gasteiger partial charge in [0.15, 0.2) is 0 Å². The number of nitrogens with one attached hydrogen (secondary N) is 1. The van der Waals surface area contributed by atoms with Crippen LogP contribution in [0.25, 0.3) is 0 Å². The van der Waals surface area contributed by atoms with Crippen molar-refractivity contribution in [2.24, 2.45) is 0 Å². The van der Waals surface area contributed by atoms with Gasteiger partial charge in [0.2, 0.25) is 0 Å². The second-order valence-electron chi connectivity index (χ2n) is 4.85. The van der Waals surface area contributed by atoms with Gasteiger partial charge in [-0.15, -0.1) is 0 Å². The number of aryl methyl sites for hydroxylation is 2. The molecule has 2 aromatic rings. The van der Waals surface area contributed by atoms with Gasteiger partial charge in [0.25, 0.3) is 0 Å². The van der Waals surface area contributed by atoms with Crippen LogP contribution in [0.3, 0.4) is 0 Å². The molecule has 1 aliphatic rings. The highest BCUT2D eigenvalue weighted by Crippen LogP contribution is 2.35. The Kier molecular flexibility index (Phi) is 3.50. The molecule has 1 aliphatic carbocycles. The number of aromatic nitrogens is 1. The molecule has 1 unspecified atom stereocenters. The zero-order valence-corrected chi connectivity index (χ0v) is 12.9. The van der Waals surface area contributed by atoms with Crippen molar-refractivity contribution in [2.45, 2.75) is 25.8 Å². The second-order valence-corrected chi connectivity index (χ2v) is 6.15. The van der Waals surface area contributed by atoms with Crippen molar-refractivity contribution in [3.05, 3.63) is 56.8 Å². The molecule has 0 saturated heterocycles. The average Bonchev–Trinajstić information content (AvgIpc) is 2.75. The summed E-state index contributed by atoms with van der Waals surface area (Å²) in [5, 5.41) is 4.12. The van der Waals surface area contributed by atoms with E-state index in [1.807, 2.05) is 19.1 Å². The molecule has 1 atom stereocenters. The van der Waals surface area contributed by atoms with Crippen LogP contribution in [-0.4, -0.2) is 4.98 Å². The van der Waals surface area contributed by atoms with E-state index in [1.54, 1.807) is 0 Å². The van der Waals surface area contributed by atoms with Crippen LogP contribution < -0.4 is 5.32 Å². The van der Waals surface area contributed by atoms with Crippen LogP contribution in [0.1, 0.15) is 29.3 Å². The van der Waals surface area contributed by atoms with E-state index in [4.69, 9.17) is 11.6 Å². The van der Waals surface area contributed by atoms with Gasteiger partial charge >= 0.3 is 0 Å². The number of rotatable bonds is 2. The Morgan fingerprint density at radius 3 is 2.95 bits per heavy atom. The number of anilines is 1. The molecule has 19 heavy (non-hydrogen) atoms. The van der Waals surface area contributed by atoms with Crippen LogP contribution in [0.2, 0.25) is 5.15 Å². The Hall–Kier alpha value is -1.06. The summed E-state index contributed by atoms with van der Waals surface area (Å²) >= 11 is 9.41. The summed E-state index contributed by atoms with van der Waals surface area (Å²) < 4.78 is 1.15. The van der Waals surface area contributed by atoms with E-state index in [2.05, 4.69) is 44.4 Å². The number of benzene rings is 1. The van der Waals surface area contributed by atoms with Crippen LogP contribution in [-0.2, 0) is 6.42 Å². The van der Waals surface area contributed by atoms with Gasteiger partial charge in [0.1, 0.15) is 5.15 Å². The van der Waals surface area contributed by atoms with E-state index in [0.717, 1.165) is 28.7 Å². The number of fused-ring (bicyclic) bond motifs is 1. The summed E-state index contributed by atoms with van der Waals surface area (Å²) in [4.78, 5) is 4.28. The molecule has 1 N–H and O–H groups in total. The highest BCUT2D eigenvalue weighted by Gasteiger charge is 2.22. The molecule has 0 bridgehead atoms. The predicted octanol–water partition coefficient (Wildman–Crippen LogP) is 4.91. The number of hydrogen-bond acceptors (Lipinski definition) is 2. The van der Waals surface area contributed by atoms with Gasteiger partial charge in [-0.3, -0.25) is 0 Å². The van der Waals surface area contributed by atoms with Gasteiger partial charge in [0.05, 0.1) is 17.4 Å². The van der Waals surface area contributed by atoms with Gasteiger partial charge in [0, 0.05) is 4.47 Å². The lowest BCUT2D eigenvalue weighted by atomic mass is 10.1. The van der Waals surface area contributed by atoms with E-state index in [-0.39, 0.29) is 0 Å². The summed E-state index contributed by atoms with van der Waals surface area (Å²) in [6.07, 6.45) is 2.24. The third-order valence-electron chi connectivity index (χ3n) is 3.56. The predicted molar refractivity (Wildman–Crippen MR) is 82.8 cm³/mol. The van der Waals surface area contributed by atoms with Crippen molar-refractivity contribution in [1.29, 1.82) is 0 Å². The van der Waals surface area contributed by atoms with Gasteiger partial charge < -0.3 is 5.32 Å². The first-order valence-electron chi connectivity index (χ1n) is 6.31. The average molecular weight is 338 g/mol. The molecule has 98 valence electrons. The lowest BCUT2D eigenvalue weighted by Crippen LogP contribution is -2.08. The lowest BCUT2D eigenvalue weighted by molar-refractivity contribution is 0.760. The zero-order valence-electron chi connectivity index (χ0n) is 10.6. The van der Waals surface area contributed by atoms with Crippen LogP contribution >= 0.6 is 27.5 Å². The van der Waals surface area contributed by atoms with Crippen LogP contribution in [0.4, 0.5) is 5.69 Å². The summed E-state index contributed by atoms with van der Waals surface area (Å²) in [7, 11) is 0. The molecule has 4 heteroatoms. The van der Waals surface area contributed by atoms with Gasteiger partial charge in [-0.05, 0) is 55.2 Å². The Balaban J connectivity index is 1.86. The number of halogens is 2. The Morgan fingerprint density at radius 2 is 2.16 bits per heavy atom. The Bertz CT molecular complexity index is 628. The van der Waals surface area contributed by atoms with Gasteiger partial charge in [-0.2, -0.15) is 0 Å². The minimum atomic E-state index is 0.366. The number of hydrogen-bond donors (Lipinski definition) is 1. The molecular weight excluding hydrogens is 324 g/mol. The summed E-state index contributed by atoms with van der Waals surface area (Å²) in [6, 6.07) is 10.7. The third kappa shape index (κ3) is 2.63. The molecule has 0 amide bonds. The minimum Gasteiger partial charge on any atom is -0.377 e. The first-order valence-corrected chi connectivity index (χ1v) is 7.48. The SMILES string of the molecule is Cc1nc(Cl)ccc1NC1CCc2cc(Br)ccc21. The minimum absolute atomic E-state index is 0.366. The van der Waals surface area contributed by atoms with Crippen molar-refractivity contribution in [3.8, 4) is 0 Å². The fourth-order valence-corrected chi connectivity index (χ4v) is 3.20. The maximum absolute atomic E-state index is 5.89. The molecule has 0 aliphatic heterocycles. The topological polar surface area (TPSA) is 24.9 Å². The maximum Gasteiger partial charge on any atom is 0.129 e. The third-order valence-corrected chi connectivity index (χ3v) is 4.27. The van der Waals surface area contributed by atoms with Crippen LogP contribution in [0.5, 0.6) is 0 Å². The van der Waals surface area contributed by atoms with Crippen molar-refractivity contribution >= 4 is 33.2 Å². The van der Waals surface area contributed by atoms with E-state index in [0.29, 0.717) is 11.2 Å². The second kappa shape index (κ2) is 5.14. The fraction of sp³-hybridized carbons (Fsp3) is 0.267.